The van der Waals surface area contributed by atoms with Crippen LogP contribution < -0.4 is 0 Å². The van der Waals surface area contributed by atoms with Crippen LogP contribution in [-0.2, 0) is 0 Å². The number of fused-ring (bicyclic) bond motifs is 2. The normalized spacial score (nSPS) is 53.5. The second-order valence-corrected chi connectivity index (χ2v) is 5.94. The SMILES string of the molecule is CC12CC(Cl)C(C)(C)C(C1)C2. The molecule has 0 spiro atoms. The van der Waals surface area contributed by atoms with Gasteiger partial charge >= 0.3 is 0 Å². The van der Waals surface area contributed by atoms with Crippen LogP contribution in [0.25, 0.3) is 0 Å². The Morgan fingerprint density at radius 1 is 1.09 bits per heavy atom. The van der Waals surface area contributed by atoms with Gasteiger partial charge in [-0.15, -0.1) is 11.6 Å². The van der Waals surface area contributed by atoms with Crippen molar-refractivity contribution < 1.29 is 0 Å². The lowest BCUT2D eigenvalue weighted by Gasteiger charge is -2.60. The highest BCUT2D eigenvalue weighted by atomic mass is 35.5. The highest BCUT2D eigenvalue weighted by Crippen LogP contribution is 2.63. The Morgan fingerprint density at radius 3 is 2.00 bits per heavy atom. The summed E-state index contributed by atoms with van der Waals surface area (Å²) in [5, 5.41) is 0.417. The van der Waals surface area contributed by atoms with E-state index in [9.17, 15) is 0 Å². The molecule has 1 atom stereocenters. The van der Waals surface area contributed by atoms with Gasteiger partial charge in [0, 0.05) is 5.38 Å². The summed E-state index contributed by atoms with van der Waals surface area (Å²) in [6, 6.07) is 0. The van der Waals surface area contributed by atoms with Crippen molar-refractivity contribution >= 4 is 11.6 Å². The van der Waals surface area contributed by atoms with Gasteiger partial charge in [-0.05, 0) is 36.0 Å². The lowest BCUT2D eigenvalue weighted by molar-refractivity contribution is -0.0733. The summed E-state index contributed by atoms with van der Waals surface area (Å²) < 4.78 is 0. The van der Waals surface area contributed by atoms with Crippen LogP contribution in [0.2, 0.25) is 0 Å². The predicted molar refractivity (Wildman–Crippen MR) is 48.9 cm³/mol. The first-order valence-corrected chi connectivity index (χ1v) is 5.02. The van der Waals surface area contributed by atoms with E-state index in [1.54, 1.807) is 0 Å². The third-order valence-electron chi connectivity index (χ3n) is 4.01. The molecule has 0 nitrogen and oxygen atoms in total. The number of rotatable bonds is 0. The van der Waals surface area contributed by atoms with Gasteiger partial charge in [-0.2, -0.15) is 0 Å². The quantitative estimate of drug-likeness (QED) is 0.491. The molecule has 0 radical (unpaired) electrons. The lowest BCUT2D eigenvalue weighted by atomic mass is 9.47. The first-order valence-electron chi connectivity index (χ1n) is 4.58. The zero-order chi connectivity index (χ0) is 8.28. The van der Waals surface area contributed by atoms with Gasteiger partial charge in [-0.3, -0.25) is 0 Å². The Bertz CT molecular complexity index is 173. The van der Waals surface area contributed by atoms with E-state index < -0.39 is 0 Å². The molecule has 3 fully saturated rings. The standard InChI is InChI=1S/C10H17Cl/c1-9(2)7-4-10(3,5-7)6-8(9)11/h7-8H,4-6H2,1-3H3. The summed E-state index contributed by atoms with van der Waals surface area (Å²) in [5.74, 6) is 0.906. The molecule has 0 aromatic carbocycles. The molecule has 11 heavy (non-hydrogen) atoms. The van der Waals surface area contributed by atoms with E-state index in [1.807, 2.05) is 0 Å². The van der Waals surface area contributed by atoms with Crippen molar-refractivity contribution in [3.8, 4) is 0 Å². The van der Waals surface area contributed by atoms with E-state index in [-0.39, 0.29) is 0 Å². The van der Waals surface area contributed by atoms with E-state index in [0.29, 0.717) is 16.2 Å². The Labute approximate surface area is 74.3 Å². The largest absolute Gasteiger partial charge is 0.122 e. The van der Waals surface area contributed by atoms with Gasteiger partial charge in [0.15, 0.2) is 0 Å². The van der Waals surface area contributed by atoms with E-state index >= 15 is 0 Å². The van der Waals surface area contributed by atoms with Gasteiger partial charge in [0.2, 0.25) is 0 Å². The molecule has 3 aliphatic carbocycles. The van der Waals surface area contributed by atoms with Crippen molar-refractivity contribution in [2.45, 2.75) is 45.4 Å². The van der Waals surface area contributed by atoms with Crippen molar-refractivity contribution in [2.75, 3.05) is 0 Å². The summed E-state index contributed by atoms with van der Waals surface area (Å²) in [5.41, 5.74) is 1.02. The van der Waals surface area contributed by atoms with Crippen molar-refractivity contribution in [1.82, 2.24) is 0 Å². The lowest BCUT2D eigenvalue weighted by Crippen LogP contribution is -2.54. The smallest absolute Gasteiger partial charge is 0.0394 e. The number of hydrogen-bond donors (Lipinski definition) is 0. The summed E-state index contributed by atoms with van der Waals surface area (Å²) in [6.07, 6.45) is 4.07. The van der Waals surface area contributed by atoms with E-state index in [4.69, 9.17) is 11.6 Å². The monoisotopic (exact) mass is 172 g/mol. The van der Waals surface area contributed by atoms with Crippen LogP contribution in [0.1, 0.15) is 40.0 Å². The van der Waals surface area contributed by atoms with Crippen LogP contribution >= 0.6 is 11.6 Å². The van der Waals surface area contributed by atoms with Crippen LogP contribution in [-0.4, -0.2) is 5.38 Å². The molecule has 0 aromatic rings. The zero-order valence-electron chi connectivity index (χ0n) is 7.65. The molecule has 1 heteroatoms. The fourth-order valence-corrected chi connectivity index (χ4v) is 3.32. The minimum Gasteiger partial charge on any atom is -0.122 e. The molecule has 1 unspecified atom stereocenters. The molecule has 0 saturated heterocycles. The number of alkyl halides is 1. The first kappa shape index (κ1) is 7.91. The molecule has 2 bridgehead atoms. The number of halogens is 1. The van der Waals surface area contributed by atoms with Crippen LogP contribution in [0.15, 0.2) is 0 Å². The fourth-order valence-electron chi connectivity index (χ4n) is 2.77. The molecular weight excluding hydrogens is 156 g/mol. The minimum absolute atomic E-state index is 0.402. The molecule has 0 N–H and O–H groups in total. The van der Waals surface area contributed by atoms with Crippen LogP contribution in [0, 0.1) is 16.7 Å². The van der Waals surface area contributed by atoms with Gasteiger partial charge in [-0.1, -0.05) is 20.8 Å². The van der Waals surface area contributed by atoms with E-state index in [1.165, 1.54) is 19.3 Å². The average molecular weight is 173 g/mol. The minimum atomic E-state index is 0.402. The Balaban J connectivity index is 2.19. The van der Waals surface area contributed by atoms with Crippen molar-refractivity contribution in [3.05, 3.63) is 0 Å². The third-order valence-corrected chi connectivity index (χ3v) is 4.73. The highest BCUT2D eigenvalue weighted by Gasteiger charge is 2.55. The predicted octanol–water partition coefficient (Wildman–Crippen LogP) is 3.44. The summed E-state index contributed by atoms with van der Waals surface area (Å²) in [7, 11) is 0. The molecule has 0 aliphatic heterocycles. The molecule has 3 saturated carbocycles. The van der Waals surface area contributed by atoms with Gasteiger partial charge < -0.3 is 0 Å². The first-order chi connectivity index (χ1) is 4.94. The molecule has 0 heterocycles. The van der Waals surface area contributed by atoms with Gasteiger partial charge in [0.05, 0.1) is 0 Å². The molecular formula is C10H17Cl. The van der Waals surface area contributed by atoms with Crippen molar-refractivity contribution in [1.29, 1.82) is 0 Å². The maximum atomic E-state index is 6.32. The molecule has 0 amide bonds. The van der Waals surface area contributed by atoms with Gasteiger partial charge in [0.25, 0.3) is 0 Å². The average Bonchev–Trinajstić information content (AvgIpc) is 1.78. The second kappa shape index (κ2) is 1.96. The topological polar surface area (TPSA) is 0 Å². The van der Waals surface area contributed by atoms with Gasteiger partial charge in [-0.25, -0.2) is 0 Å². The van der Waals surface area contributed by atoms with Crippen LogP contribution in [0.4, 0.5) is 0 Å². The van der Waals surface area contributed by atoms with Crippen LogP contribution in [0.3, 0.4) is 0 Å². The maximum Gasteiger partial charge on any atom is 0.0394 e. The molecule has 3 rings (SSSR count). The fraction of sp³-hybridized carbons (Fsp3) is 1.00. The molecule has 3 aliphatic rings. The number of hydrogen-bond acceptors (Lipinski definition) is 0. The molecule has 64 valence electrons. The summed E-state index contributed by atoms with van der Waals surface area (Å²) in [4.78, 5) is 0. The summed E-state index contributed by atoms with van der Waals surface area (Å²) in [6.45, 7) is 7.04. The Hall–Kier alpha value is 0.290. The highest BCUT2D eigenvalue weighted by molar-refractivity contribution is 6.21. The van der Waals surface area contributed by atoms with E-state index in [0.717, 1.165) is 5.92 Å². The van der Waals surface area contributed by atoms with Crippen molar-refractivity contribution in [2.24, 2.45) is 16.7 Å². The summed E-state index contributed by atoms with van der Waals surface area (Å²) >= 11 is 6.32. The second-order valence-electron chi connectivity index (χ2n) is 5.41. The zero-order valence-corrected chi connectivity index (χ0v) is 8.41. The van der Waals surface area contributed by atoms with E-state index in [2.05, 4.69) is 20.8 Å². The Morgan fingerprint density at radius 2 is 1.64 bits per heavy atom. The van der Waals surface area contributed by atoms with Crippen molar-refractivity contribution in [3.63, 3.8) is 0 Å². The Kier molecular flexibility index (Phi) is 1.41. The maximum absolute atomic E-state index is 6.32. The van der Waals surface area contributed by atoms with Gasteiger partial charge in [0.1, 0.15) is 0 Å². The van der Waals surface area contributed by atoms with Crippen LogP contribution in [0.5, 0.6) is 0 Å². The third kappa shape index (κ3) is 0.950. The molecule has 0 aromatic heterocycles.